The highest BCUT2D eigenvalue weighted by Gasteiger charge is 2.48. The summed E-state index contributed by atoms with van der Waals surface area (Å²) in [6.07, 6.45) is 0. The van der Waals surface area contributed by atoms with Gasteiger partial charge in [0.05, 0.1) is 12.0 Å². The molecule has 2 atom stereocenters. The number of likely N-dealkylation sites (tertiary alicyclic amines) is 1. The molecule has 0 aromatic heterocycles. The Morgan fingerprint density at radius 1 is 0.760 bits per heavy atom. The van der Waals surface area contributed by atoms with Gasteiger partial charge in [-0.05, 0) is 28.8 Å². The molecule has 0 bridgehead atoms. The minimum absolute atomic E-state index is 0.0724. The van der Waals surface area contributed by atoms with Crippen LogP contribution in [0.25, 0.3) is 0 Å². The lowest BCUT2D eigenvalue weighted by atomic mass is 9.77. The van der Waals surface area contributed by atoms with Crippen LogP contribution < -0.4 is 0 Å². The maximum absolute atomic E-state index is 12.9. The third-order valence-electron chi connectivity index (χ3n) is 4.77. The van der Waals surface area contributed by atoms with E-state index >= 15 is 0 Å². The van der Waals surface area contributed by atoms with E-state index in [9.17, 15) is 4.79 Å². The standard InChI is InChI=1S/C22H18BrNO/c23-19-13-11-18(12-14-19)21-20(17-9-5-2-6-10-17)22(25)24(21)15-16-7-3-1-4-8-16/h1-14,20-21H,15H2/t20-,21-/m1/s1. The number of hydrogen-bond donors (Lipinski definition) is 0. The Kier molecular flexibility index (Phi) is 4.41. The highest BCUT2D eigenvalue weighted by atomic mass is 79.9. The van der Waals surface area contributed by atoms with Crippen molar-refractivity contribution in [2.75, 3.05) is 0 Å². The SMILES string of the molecule is O=C1[C@H](c2ccccc2)[C@@H](c2ccc(Br)cc2)N1Cc1ccccc1. The van der Waals surface area contributed by atoms with E-state index < -0.39 is 0 Å². The Morgan fingerprint density at radius 2 is 1.36 bits per heavy atom. The number of amides is 1. The summed E-state index contributed by atoms with van der Waals surface area (Å²) in [6.45, 7) is 0.643. The van der Waals surface area contributed by atoms with Gasteiger partial charge in [0.2, 0.25) is 5.91 Å². The van der Waals surface area contributed by atoms with Gasteiger partial charge in [-0.1, -0.05) is 88.7 Å². The number of benzene rings is 3. The van der Waals surface area contributed by atoms with Crippen LogP contribution in [0.15, 0.2) is 89.4 Å². The predicted molar refractivity (Wildman–Crippen MR) is 103 cm³/mol. The van der Waals surface area contributed by atoms with Gasteiger partial charge in [0, 0.05) is 11.0 Å². The highest BCUT2D eigenvalue weighted by Crippen LogP contribution is 2.47. The van der Waals surface area contributed by atoms with Crippen molar-refractivity contribution in [3.8, 4) is 0 Å². The Balaban J connectivity index is 1.68. The van der Waals surface area contributed by atoms with Crippen LogP contribution in [0.3, 0.4) is 0 Å². The van der Waals surface area contributed by atoms with Crippen molar-refractivity contribution in [2.45, 2.75) is 18.5 Å². The van der Waals surface area contributed by atoms with Crippen molar-refractivity contribution < 1.29 is 4.79 Å². The van der Waals surface area contributed by atoms with E-state index in [0.29, 0.717) is 6.54 Å². The molecule has 3 heteroatoms. The molecule has 0 unspecified atom stereocenters. The van der Waals surface area contributed by atoms with E-state index in [-0.39, 0.29) is 17.9 Å². The van der Waals surface area contributed by atoms with Gasteiger partial charge in [-0.25, -0.2) is 0 Å². The maximum atomic E-state index is 12.9. The van der Waals surface area contributed by atoms with Gasteiger partial charge in [-0.2, -0.15) is 0 Å². The quantitative estimate of drug-likeness (QED) is 0.551. The fourth-order valence-corrected chi connectivity index (χ4v) is 3.79. The van der Waals surface area contributed by atoms with Crippen molar-refractivity contribution in [1.82, 2.24) is 4.90 Å². The first kappa shape index (κ1) is 16.1. The number of nitrogens with zero attached hydrogens (tertiary/aromatic N) is 1. The topological polar surface area (TPSA) is 20.3 Å². The Bertz CT molecular complexity index is 862. The van der Waals surface area contributed by atoms with Crippen LogP contribution in [-0.4, -0.2) is 10.8 Å². The smallest absolute Gasteiger partial charge is 0.233 e. The van der Waals surface area contributed by atoms with E-state index in [0.717, 1.165) is 15.6 Å². The second kappa shape index (κ2) is 6.85. The van der Waals surface area contributed by atoms with Crippen LogP contribution in [0.5, 0.6) is 0 Å². The first-order valence-electron chi connectivity index (χ1n) is 8.39. The van der Waals surface area contributed by atoms with E-state index in [1.54, 1.807) is 0 Å². The van der Waals surface area contributed by atoms with Crippen LogP contribution >= 0.6 is 15.9 Å². The minimum atomic E-state index is -0.105. The lowest BCUT2D eigenvalue weighted by Gasteiger charge is -2.48. The fraction of sp³-hybridized carbons (Fsp3) is 0.136. The molecule has 1 heterocycles. The zero-order chi connectivity index (χ0) is 17.2. The maximum Gasteiger partial charge on any atom is 0.233 e. The Labute approximate surface area is 156 Å². The molecule has 1 amide bonds. The zero-order valence-corrected chi connectivity index (χ0v) is 15.3. The molecule has 25 heavy (non-hydrogen) atoms. The third-order valence-corrected chi connectivity index (χ3v) is 5.30. The van der Waals surface area contributed by atoms with Crippen molar-refractivity contribution >= 4 is 21.8 Å². The summed E-state index contributed by atoms with van der Waals surface area (Å²) in [5, 5.41) is 0. The molecule has 3 aromatic carbocycles. The summed E-state index contributed by atoms with van der Waals surface area (Å²) in [6, 6.07) is 28.6. The Hall–Kier alpha value is -2.39. The highest BCUT2D eigenvalue weighted by molar-refractivity contribution is 9.10. The van der Waals surface area contributed by atoms with Gasteiger partial charge in [-0.15, -0.1) is 0 Å². The minimum Gasteiger partial charge on any atom is -0.330 e. The molecule has 0 saturated carbocycles. The molecule has 1 fully saturated rings. The second-order valence-electron chi connectivity index (χ2n) is 6.34. The largest absolute Gasteiger partial charge is 0.330 e. The van der Waals surface area contributed by atoms with Crippen LogP contribution in [0.1, 0.15) is 28.7 Å². The van der Waals surface area contributed by atoms with E-state index in [1.165, 1.54) is 5.56 Å². The summed E-state index contributed by atoms with van der Waals surface area (Å²) in [5.41, 5.74) is 3.42. The summed E-state index contributed by atoms with van der Waals surface area (Å²) in [5.74, 6) is 0.0917. The molecular formula is C22H18BrNO. The fourth-order valence-electron chi connectivity index (χ4n) is 3.52. The predicted octanol–water partition coefficient (Wildman–Crippen LogP) is 5.32. The van der Waals surface area contributed by atoms with Crippen molar-refractivity contribution in [1.29, 1.82) is 0 Å². The van der Waals surface area contributed by atoms with E-state index in [4.69, 9.17) is 0 Å². The molecule has 1 aliphatic heterocycles. The van der Waals surface area contributed by atoms with Crippen molar-refractivity contribution in [2.24, 2.45) is 0 Å². The van der Waals surface area contributed by atoms with E-state index in [2.05, 4.69) is 40.2 Å². The first-order chi connectivity index (χ1) is 12.2. The molecule has 0 radical (unpaired) electrons. The van der Waals surface area contributed by atoms with E-state index in [1.807, 2.05) is 65.6 Å². The van der Waals surface area contributed by atoms with Gasteiger partial charge in [-0.3, -0.25) is 4.79 Å². The molecule has 0 aliphatic carbocycles. The third kappa shape index (κ3) is 3.12. The normalized spacial score (nSPS) is 19.6. The Morgan fingerprint density at radius 3 is 2.00 bits per heavy atom. The van der Waals surface area contributed by atoms with Crippen LogP contribution in [0.2, 0.25) is 0 Å². The van der Waals surface area contributed by atoms with Gasteiger partial charge in [0.15, 0.2) is 0 Å². The average molecular weight is 392 g/mol. The molecule has 1 saturated heterocycles. The number of rotatable bonds is 4. The molecule has 3 aromatic rings. The molecule has 1 aliphatic rings. The summed E-state index contributed by atoms with van der Waals surface area (Å²) in [4.78, 5) is 14.9. The van der Waals surface area contributed by atoms with Crippen LogP contribution in [0, 0.1) is 0 Å². The lowest BCUT2D eigenvalue weighted by molar-refractivity contribution is -0.151. The van der Waals surface area contributed by atoms with Gasteiger partial charge in [0.25, 0.3) is 0 Å². The number of carbonyl (C=O) groups excluding carboxylic acids is 1. The molecular weight excluding hydrogens is 374 g/mol. The molecule has 2 nitrogen and oxygen atoms in total. The summed E-state index contributed by atoms with van der Waals surface area (Å²) in [7, 11) is 0. The van der Waals surface area contributed by atoms with Gasteiger partial charge < -0.3 is 4.90 Å². The molecule has 4 rings (SSSR count). The number of halogens is 1. The van der Waals surface area contributed by atoms with Gasteiger partial charge in [0.1, 0.15) is 0 Å². The van der Waals surface area contributed by atoms with Gasteiger partial charge >= 0.3 is 0 Å². The lowest BCUT2D eigenvalue weighted by Crippen LogP contribution is -2.52. The van der Waals surface area contributed by atoms with Crippen LogP contribution in [-0.2, 0) is 11.3 Å². The summed E-state index contributed by atoms with van der Waals surface area (Å²) < 4.78 is 1.05. The molecule has 0 spiro atoms. The summed E-state index contributed by atoms with van der Waals surface area (Å²) >= 11 is 3.49. The zero-order valence-electron chi connectivity index (χ0n) is 13.7. The first-order valence-corrected chi connectivity index (χ1v) is 9.18. The van der Waals surface area contributed by atoms with Crippen LogP contribution in [0.4, 0.5) is 0 Å². The number of carbonyl (C=O) groups is 1. The second-order valence-corrected chi connectivity index (χ2v) is 7.25. The average Bonchev–Trinajstić information content (AvgIpc) is 2.66. The number of β-lactam (4-membered cyclic amide) rings is 1. The molecule has 0 N–H and O–H groups in total. The number of hydrogen-bond acceptors (Lipinski definition) is 1. The monoisotopic (exact) mass is 391 g/mol. The molecule has 124 valence electrons. The van der Waals surface area contributed by atoms with Crippen molar-refractivity contribution in [3.63, 3.8) is 0 Å². The van der Waals surface area contributed by atoms with Crippen molar-refractivity contribution in [3.05, 3.63) is 106 Å².